The van der Waals surface area contributed by atoms with E-state index >= 15 is 0 Å². The van der Waals surface area contributed by atoms with E-state index in [1.54, 1.807) is 0 Å². The van der Waals surface area contributed by atoms with Crippen molar-refractivity contribution in [1.29, 1.82) is 0 Å². The number of nitrogens with one attached hydrogen (secondary N) is 1. The van der Waals surface area contributed by atoms with Gasteiger partial charge in [-0.2, -0.15) is 0 Å². The predicted molar refractivity (Wildman–Crippen MR) is 82.0 cm³/mol. The molecule has 2 aliphatic carbocycles. The molecule has 108 valence electrons. The van der Waals surface area contributed by atoms with Gasteiger partial charge in [0.1, 0.15) is 0 Å². The van der Waals surface area contributed by atoms with Gasteiger partial charge < -0.3 is 5.32 Å². The topological polar surface area (TPSA) is 29.1 Å². The summed E-state index contributed by atoms with van der Waals surface area (Å²) in [6.45, 7) is 2.31. The van der Waals surface area contributed by atoms with E-state index in [1.807, 2.05) is 6.07 Å². The standard InChI is InChI=1S/C18H25NO/c1-13-6-10-17(11-7-13)19-18(20)16-9-8-14-4-2-3-5-15(14)12-16/h8-9,12-13,17H,2-7,10-11H2,1H3,(H,19,20). The molecule has 1 N–H and O–H groups in total. The molecule has 0 spiro atoms. The van der Waals surface area contributed by atoms with Crippen molar-refractivity contribution >= 4 is 5.91 Å². The molecule has 3 rings (SSSR count). The molecule has 2 aliphatic rings. The van der Waals surface area contributed by atoms with Crippen LogP contribution < -0.4 is 5.32 Å². The quantitative estimate of drug-likeness (QED) is 0.869. The van der Waals surface area contributed by atoms with Crippen molar-refractivity contribution in [3.8, 4) is 0 Å². The van der Waals surface area contributed by atoms with Gasteiger partial charge in [0.05, 0.1) is 0 Å². The van der Waals surface area contributed by atoms with Gasteiger partial charge in [-0.25, -0.2) is 0 Å². The number of carbonyl (C=O) groups excluding carboxylic acids is 1. The third-order valence-corrected chi connectivity index (χ3v) is 4.96. The summed E-state index contributed by atoms with van der Waals surface area (Å²) in [7, 11) is 0. The normalized spacial score (nSPS) is 25.9. The van der Waals surface area contributed by atoms with Crippen LogP contribution >= 0.6 is 0 Å². The summed E-state index contributed by atoms with van der Waals surface area (Å²) in [6.07, 6.45) is 9.63. The van der Waals surface area contributed by atoms with Gasteiger partial charge in [0, 0.05) is 11.6 Å². The zero-order valence-corrected chi connectivity index (χ0v) is 12.5. The maximum absolute atomic E-state index is 12.4. The second-order valence-electron chi connectivity index (χ2n) is 6.62. The Morgan fingerprint density at radius 2 is 1.75 bits per heavy atom. The number of aryl methyl sites for hydroxylation is 2. The molecular formula is C18H25NO. The van der Waals surface area contributed by atoms with E-state index in [1.165, 1.54) is 43.2 Å². The number of amides is 1. The van der Waals surface area contributed by atoms with E-state index in [0.717, 1.165) is 30.7 Å². The van der Waals surface area contributed by atoms with Crippen molar-refractivity contribution in [2.24, 2.45) is 5.92 Å². The lowest BCUT2D eigenvalue weighted by molar-refractivity contribution is 0.0923. The van der Waals surface area contributed by atoms with E-state index in [0.29, 0.717) is 6.04 Å². The zero-order chi connectivity index (χ0) is 13.9. The summed E-state index contributed by atoms with van der Waals surface area (Å²) in [4.78, 5) is 12.4. The first-order valence-corrected chi connectivity index (χ1v) is 8.15. The molecular weight excluding hydrogens is 246 g/mol. The monoisotopic (exact) mass is 271 g/mol. The van der Waals surface area contributed by atoms with Gasteiger partial charge >= 0.3 is 0 Å². The van der Waals surface area contributed by atoms with E-state index in [4.69, 9.17) is 0 Å². The average Bonchev–Trinajstić information content (AvgIpc) is 2.49. The lowest BCUT2D eigenvalue weighted by Gasteiger charge is -2.27. The average molecular weight is 271 g/mol. The van der Waals surface area contributed by atoms with Gasteiger partial charge in [0.15, 0.2) is 0 Å². The third kappa shape index (κ3) is 3.05. The molecule has 0 radical (unpaired) electrons. The van der Waals surface area contributed by atoms with Gasteiger partial charge in [-0.15, -0.1) is 0 Å². The van der Waals surface area contributed by atoms with Crippen LogP contribution in [0.3, 0.4) is 0 Å². The molecule has 1 aromatic carbocycles. The minimum Gasteiger partial charge on any atom is -0.349 e. The fraction of sp³-hybridized carbons (Fsp3) is 0.611. The minimum atomic E-state index is 0.123. The van der Waals surface area contributed by atoms with Crippen LogP contribution in [0.2, 0.25) is 0 Å². The van der Waals surface area contributed by atoms with Crippen molar-refractivity contribution in [1.82, 2.24) is 5.32 Å². The van der Waals surface area contributed by atoms with Crippen molar-refractivity contribution in [2.45, 2.75) is 64.3 Å². The molecule has 1 aromatic rings. The van der Waals surface area contributed by atoms with E-state index in [9.17, 15) is 4.79 Å². The van der Waals surface area contributed by atoms with Crippen molar-refractivity contribution in [3.63, 3.8) is 0 Å². The molecule has 0 aromatic heterocycles. The van der Waals surface area contributed by atoms with Crippen LogP contribution in [0, 0.1) is 5.92 Å². The van der Waals surface area contributed by atoms with Crippen LogP contribution in [-0.4, -0.2) is 11.9 Å². The second kappa shape index (κ2) is 5.99. The molecule has 0 heterocycles. The van der Waals surface area contributed by atoms with E-state index < -0.39 is 0 Å². The van der Waals surface area contributed by atoms with Crippen LogP contribution in [-0.2, 0) is 12.8 Å². The second-order valence-corrected chi connectivity index (χ2v) is 6.62. The van der Waals surface area contributed by atoms with Gasteiger partial charge in [0.25, 0.3) is 5.91 Å². The molecule has 20 heavy (non-hydrogen) atoms. The third-order valence-electron chi connectivity index (χ3n) is 4.96. The van der Waals surface area contributed by atoms with Crippen LogP contribution in [0.25, 0.3) is 0 Å². The fourth-order valence-electron chi connectivity index (χ4n) is 3.55. The highest BCUT2D eigenvalue weighted by Gasteiger charge is 2.20. The fourth-order valence-corrected chi connectivity index (χ4v) is 3.55. The molecule has 2 nitrogen and oxygen atoms in total. The first-order chi connectivity index (χ1) is 9.72. The largest absolute Gasteiger partial charge is 0.349 e. The SMILES string of the molecule is CC1CCC(NC(=O)c2ccc3c(c2)CCCC3)CC1. The zero-order valence-electron chi connectivity index (χ0n) is 12.5. The Morgan fingerprint density at radius 3 is 2.50 bits per heavy atom. The van der Waals surface area contributed by atoms with Crippen LogP contribution in [0.4, 0.5) is 0 Å². The van der Waals surface area contributed by atoms with Crippen molar-refractivity contribution in [2.75, 3.05) is 0 Å². The Hall–Kier alpha value is -1.31. The molecule has 1 fully saturated rings. The molecule has 0 bridgehead atoms. The first-order valence-electron chi connectivity index (χ1n) is 8.15. The van der Waals surface area contributed by atoms with Gasteiger partial charge in [-0.05, 0) is 80.5 Å². The van der Waals surface area contributed by atoms with E-state index in [2.05, 4.69) is 24.4 Å². The molecule has 1 saturated carbocycles. The van der Waals surface area contributed by atoms with Crippen LogP contribution in [0.1, 0.15) is 66.9 Å². The highest BCUT2D eigenvalue weighted by Crippen LogP contribution is 2.25. The minimum absolute atomic E-state index is 0.123. The van der Waals surface area contributed by atoms with Gasteiger partial charge in [-0.1, -0.05) is 13.0 Å². The first kappa shape index (κ1) is 13.7. The maximum atomic E-state index is 12.4. The number of benzene rings is 1. The predicted octanol–water partition coefficient (Wildman–Crippen LogP) is 3.87. The summed E-state index contributed by atoms with van der Waals surface area (Å²) >= 11 is 0. The highest BCUT2D eigenvalue weighted by molar-refractivity contribution is 5.94. The van der Waals surface area contributed by atoms with Crippen LogP contribution in [0.15, 0.2) is 18.2 Å². The maximum Gasteiger partial charge on any atom is 0.251 e. The van der Waals surface area contributed by atoms with Crippen molar-refractivity contribution < 1.29 is 4.79 Å². The van der Waals surface area contributed by atoms with Gasteiger partial charge in [-0.3, -0.25) is 4.79 Å². The lowest BCUT2D eigenvalue weighted by atomic mass is 9.87. The summed E-state index contributed by atoms with van der Waals surface area (Å²) in [5.41, 5.74) is 3.68. The van der Waals surface area contributed by atoms with E-state index in [-0.39, 0.29) is 5.91 Å². The van der Waals surface area contributed by atoms with Crippen LogP contribution in [0.5, 0.6) is 0 Å². The number of carbonyl (C=O) groups is 1. The number of hydrogen-bond acceptors (Lipinski definition) is 1. The molecule has 0 atom stereocenters. The molecule has 0 aliphatic heterocycles. The summed E-state index contributed by atoms with van der Waals surface area (Å²) in [5, 5.41) is 3.22. The Balaban J connectivity index is 1.65. The smallest absolute Gasteiger partial charge is 0.251 e. The number of fused-ring (bicyclic) bond motifs is 1. The lowest BCUT2D eigenvalue weighted by Crippen LogP contribution is -2.37. The van der Waals surface area contributed by atoms with Gasteiger partial charge in [0.2, 0.25) is 0 Å². The Kier molecular flexibility index (Phi) is 4.09. The highest BCUT2D eigenvalue weighted by atomic mass is 16.1. The molecule has 2 heteroatoms. The Bertz CT molecular complexity index is 486. The van der Waals surface area contributed by atoms with Crippen molar-refractivity contribution in [3.05, 3.63) is 34.9 Å². The number of rotatable bonds is 2. The molecule has 1 amide bonds. The summed E-state index contributed by atoms with van der Waals surface area (Å²) in [5.74, 6) is 0.949. The Morgan fingerprint density at radius 1 is 1.05 bits per heavy atom. The summed E-state index contributed by atoms with van der Waals surface area (Å²) < 4.78 is 0. The number of hydrogen-bond donors (Lipinski definition) is 1. The molecule has 0 unspecified atom stereocenters. The summed E-state index contributed by atoms with van der Waals surface area (Å²) in [6, 6.07) is 6.67. The Labute approximate surface area is 122 Å². The molecule has 0 saturated heterocycles.